The van der Waals surface area contributed by atoms with Crippen molar-refractivity contribution in [3.63, 3.8) is 0 Å². The lowest BCUT2D eigenvalue weighted by Crippen LogP contribution is -2.12. The maximum atomic E-state index is 11.7. The molecule has 0 aliphatic carbocycles. The van der Waals surface area contributed by atoms with Crippen LogP contribution < -0.4 is 4.74 Å². The molecule has 4 aromatic rings. The Kier molecular flexibility index (Phi) is 6.46. The zero-order chi connectivity index (χ0) is 22.3. The van der Waals surface area contributed by atoms with E-state index in [-0.39, 0.29) is 5.56 Å². The van der Waals surface area contributed by atoms with Gasteiger partial charge < -0.3 is 19.2 Å². The maximum Gasteiger partial charge on any atom is 0.337 e. The maximum absolute atomic E-state index is 11.7. The number of carboxylic acid groups (broad SMARTS) is 1. The van der Waals surface area contributed by atoms with Crippen LogP contribution in [0, 0.1) is 0 Å². The minimum absolute atomic E-state index is 0.252. The minimum atomic E-state index is -0.966. The Labute approximate surface area is 185 Å². The summed E-state index contributed by atoms with van der Waals surface area (Å²) in [7, 11) is 0. The van der Waals surface area contributed by atoms with Crippen LogP contribution >= 0.6 is 0 Å². The molecule has 2 heterocycles. The number of hydrogen-bond donors (Lipinski definition) is 1. The Morgan fingerprint density at radius 3 is 2.72 bits per heavy atom. The van der Waals surface area contributed by atoms with Gasteiger partial charge in [-0.25, -0.2) is 9.78 Å². The van der Waals surface area contributed by atoms with Crippen molar-refractivity contribution in [3.8, 4) is 11.6 Å². The highest BCUT2D eigenvalue weighted by Gasteiger charge is 2.16. The van der Waals surface area contributed by atoms with Crippen LogP contribution in [0.25, 0.3) is 10.9 Å². The van der Waals surface area contributed by atoms with Gasteiger partial charge in [-0.05, 0) is 30.7 Å². The monoisotopic (exact) mass is 429 g/mol. The third kappa shape index (κ3) is 4.78. The van der Waals surface area contributed by atoms with Gasteiger partial charge in [0.1, 0.15) is 18.1 Å². The van der Waals surface area contributed by atoms with E-state index in [1.807, 2.05) is 66.1 Å². The van der Waals surface area contributed by atoms with Crippen molar-refractivity contribution < 1.29 is 19.5 Å². The van der Waals surface area contributed by atoms with Crippen molar-refractivity contribution in [2.24, 2.45) is 5.16 Å². The molecule has 0 atom stereocenters. The molecule has 0 saturated heterocycles. The van der Waals surface area contributed by atoms with Crippen LogP contribution in [0.2, 0.25) is 0 Å². The molecule has 2 aromatic heterocycles. The van der Waals surface area contributed by atoms with E-state index in [1.54, 1.807) is 24.5 Å². The summed E-state index contributed by atoms with van der Waals surface area (Å²) < 4.78 is 7.73. The van der Waals surface area contributed by atoms with E-state index in [1.165, 1.54) is 0 Å². The number of hydrogen-bond acceptors (Lipinski definition) is 5. The molecular formula is C25H23N3O4. The fraction of sp³-hybridized carbons (Fsp3) is 0.160. The van der Waals surface area contributed by atoms with Crippen molar-refractivity contribution in [2.75, 3.05) is 6.61 Å². The first-order chi connectivity index (χ1) is 15.7. The van der Waals surface area contributed by atoms with Gasteiger partial charge in [0.2, 0.25) is 5.88 Å². The second-order valence-corrected chi connectivity index (χ2v) is 7.16. The number of carbonyl (C=O) groups is 1. The Hall–Kier alpha value is -4.13. The van der Waals surface area contributed by atoms with Crippen molar-refractivity contribution in [3.05, 3.63) is 90.3 Å². The molecule has 0 saturated carbocycles. The summed E-state index contributed by atoms with van der Waals surface area (Å²) in [6.45, 7) is 2.83. The third-order valence-corrected chi connectivity index (χ3v) is 4.84. The number of rotatable bonds is 9. The summed E-state index contributed by atoms with van der Waals surface area (Å²) in [6, 6.07) is 20.4. The molecule has 0 fully saturated rings. The molecule has 0 bridgehead atoms. The van der Waals surface area contributed by atoms with Crippen LogP contribution in [0.4, 0.5) is 0 Å². The van der Waals surface area contributed by atoms with Crippen LogP contribution in [-0.2, 0) is 11.4 Å². The van der Waals surface area contributed by atoms with Crippen molar-refractivity contribution in [1.29, 1.82) is 0 Å². The molecule has 2 aromatic carbocycles. The Morgan fingerprint density at radius 1 is 1.09 bits per heavy atom. The van der Waals surface area contributed by atoms with Gasteiger partial charge in [0.05, 0.1) is 12.1 Å². The second-order valence-electron chi connectivity index (χ2n) is 7.16. The molecule has 0 spiro atoms. The fourth-order valence-electron chi connectivity index (χ4n) is 3.36. The summed E-state index contributed by atoms with van der Waals surface area (Å²) in [6.07, 6.45) is 4.13. The largest absolute Gasteiger partial charge is 0.478 e. The number of oxime groups is 1. The molecule has 4 rings (SSSR count). The van der Waals surface area contributed by atoms with E-state index in [0.29, 0.717) is 35.9 Å². The molecule has 162 valence electrons. The lowest BCUT2D eigenvalue weighted by atomic mass is 10.1. The zero-order valence-corrected chi connectivity index (χ0v) is 17.6. The second kappa shape index (κ2) is 9.78. The summed E-state index contributed by atoms with van der Waals surface area (Å²) in [5.41, 5.74) is 2.53. The molecular weight excluding hydrogens is 406 g/mol. The zero-order valence-electron chi connectivity index (χ0n) is 17.6. The number of benzene rings is 2. The molecule has 32 heavy (non-hydrogen) atoms. The third-order valence-electron chi connectivity index (χ3n) is 4.84. The number of carboxylic acids is 1. The van der Waals surface area contributed by atoms with Crippen molar-refractivity contribution in [2.45, 2.75) is 19.9 Å². The van der Waals surface area contributed by atoms with Gasteiger partial charge in [-0.15, -0.1) is 0 Å². The SMILES string of the molecule is CCCO/N=C(\Cn1cc(C(=O)O)c2ccccc21)c1cccc(Oc2ccccn2)c1. The van der Waals surface area contributed by atoms with E-state index in [4.69, 9.17) is 9.57 Å². The van der Waals surface area contributed by atoms with Crippen LogP contribution in [0.1, 0.15) is 29.3 Å². The predicted octanol–water partition coefficient (Wildman–Crippen LogP) is 5.36. The van der Waals surface area contributed by atoms with Gasteiger partial charge in [-0.2, -0.15) is 0 Å². The van der Waals surface area contributed by atoms with Gasteiger partial charge in [0.15, 0.2) is 0 Å². The molecule has 0 unspecified atom stereocenters. The average molecular weight is 429 g/mol. The molecule has 0 amide bonds. The van der Waals surface area contributed by atoms with Crippen LogP contribution in [0.5, 0.6) is 11.6 Å². The summed E-state index contributed by atoms with van der Waals surface area (Å²) >= 11 is 0. The van der Waals surface area contributed by atoms with Crippen LogP contribution in [-0.4, -0.2) is 32.9 Å². The molecule has 0 radical (unpaired) electrons. The molecule has 0 aliphatic rings. The standard InChI is InChI=1S/C25H23N3O4/c1-2-14-31-27-22(17-28-16-21(25(29)30)20-10-3-4-11-23(20)28)18-8-7-9-19(15-18)32-24-12-5-6-13-26-24/h3-13,15-16H,2,14,17H2,1H3,(H,29,30)/b27-22+. The van der Waals surface area contributed by atoms with Gasteiger partial charge >= 0.3 is 5.97 Å². The van der Waals surface area contributed by atoms with Gasteiger partial charge in [0.25, 0.3) is 0 Å². The van der Waals surface area contributed by atoms with Gasteiger partial charge in [-0.1, -0.05) is 48.5 Å². The highest BCUT2D eigenvalue weighted by atomic mass is 16.6. The summed E-state index contributed by atoms with van der Waals surface area (Å²) in [5.74, 6) is 0.146. The topological polar surface area (TPSA) is 85.9 Å². The van der Waals surface area contributed by atoms with Crippen molar-refractivity contribution in [1.82, 2.24) is 9.55 Å². The first-order valence-corrected chi connectivity index (χ1v) is 10.3. The molecule has 7 nitrogen and oxygen atoms in total. The number of para-hydroxylation sites is 1. The smallest absolute Gasteiger partial charge is 0.337 e. The summed E-state index contributed by atoms with van der Waals surface area (Å²) in [5, 5.41) is 14.7. The summed E-state index contributed by atoms with van der Waals surface area (Å²) in [4.78, 5) is 21.4. The molecule has 0 aliphatic heterocycles. The first kappa shape index (κ1) is 21.1. The van der Waals surface area contributed by atoms with E-state index < -0.39 is 5.97 Å². The minimum Gasteiger partial charge on any atom is -0.478 e. The average Bonchev–Trinajstić information content (AvgIpc) is 3.18. The lowest BCUT2D eigenvalue weighted by Gasteiger charge is -2.11. The Bertz CT molecular complexity index is 1250. The number of ether oxygens (including phenoxy) is 1. The van der Waals surface area contributed by atoms with E-state index in [2.05, 4.69) is 10.1 Å². The fourth-order valence-corrected chi connectivity index (χ4v) is 3.36. The normalized spacial score (nSPS) is 11.5. The molecule has 7 heteroatoms. The Balaban J connectivity index is 1.69. The quantitative estimate of drug-likeness (QED) is 0.220. The number of fused-ring (bicyclic) bond motifs is 1. The van der Waals surface area contributed by atoms with Crippen molar-refractivity contribution >= 4 is 22.6 Å². The van der Waals surface area contributed by atoms with Crippen LogP contribution in [0.3, 0.4) is 0 Å². The van der Waals surface area contributed by atoms with Crippen LogP contribution in [0.15, 0.2) is 84.3 Å². The molecule has 1 N–H and O–H groups in total. The lowest BCUT2D eigenvalue weighted by molar-refractivity contribution is 0.0699. The van der Waals surface area contributed by atoms with E-state index >= 15 is 0 Å². The highest BCUT2D eigenvalue weighted by molar-refractivity contribution is 6.05. The van der Waals surface area contributed by atoms with E-state index in [0.717, 1.165) is 17.5 Å². The highest BCUT2D eigenvalue weighted by Crippen LogP contribution is 2.24. The Morgan fingerprint density at radius 2 is 1.94 bits per heavy atom. The first-order valence-electron chi connectivity index (χ1n) is 10.3. The van der Waals surface area contributed by atoms with Gasteiger partial charge in [0, 0.05) is 34.9 Å². The predicted molar refractivity (Wildman–Crippen MR) is 122 cm³/mol. The number of pyridine rings is 1. The number of aromatic nitrogens is 2. The van der Waals surface area contributed by atoms with Gasteiger partial charge in [-0.3, -0.25) is 0 Å². The number of nitrogens with zero attached hydrogens (tertiary/aromatic N) is 3. The number of aromatic carboxylic acids is 1. The van der Waals surface area contributed by atoms with E-state index in [9.17, 15) is 9.90 Å².